The third-order valence-electron chi connectivity index (χ3n) is 4.21. The van der Waals surface area contributed by atoms with Gasteiger partial charge in [0.1, 0.15) is 5.75 Å². The highest BCUT2D eigenvalue weighted by molar-refractivity contribution is 7.99. The first-order chi connectivity index (χ1) is 15.2. The van der Waals surface area contributed by atoms with Crippen molar-refractivity contribution in [2.75, 3.05) is 5.75 Å². The number of esters is 1. The van der Waals surface area contributed by atoms with Crippen molar-refractivity contribution in [3.05, 3.63) is 90.0 Å². The quantitative estimate of drug-likeness (QED) is 0.152. The molecule has 0 spiro atoms. The number of hydrazone groups is 1. The molecule has 0 fully saturated rings. The highest BCUT2D eigenvalue weighted by Gasteiger charge is 2.08. The van der Waals surface area contributed by atoms with E-state index in [1.54, 1.807) is 48.5 Å². The van der Waals surface area contributed by atoms with Crippen molar-refractivity contribution in [2.45, 2.75) is 5.16 Å². The standard InChI is InChI=1S/C23H18N4O3S/c28-21(15-31-23-25-19-8-4-5-9-20(19)26-23)27-24-14-16-10-12-18(13-11-16)30-22(29)17-6-2-1-3-7-17/h1-14H,15H2,(H,25,26)(H,27,28)/b24-14+. The minimum atomic E-state index is -0.420. The number of imidazole rings is 1. The van der Waals surface area contributed by atoms with Gasteiger partial charge in [0.25, 0.3) is 5.91 Å². The molecule has 0 atom stereocenters. The molecule has 0 aliphatic rings. The molecule has 8 heteroatoms. The van der Waals surface area contributed by atoms with E-state index in [0.717, 1.165) is 16.6 Å². The summed E-state index contributed by atoms with van der Waals surface area (Å²) in [6, 6.07) is 23.3. The van der Waals surface area contributed by atoms with Crippen LogP contribution in [0.2, 0.25) is 0 Å². The molecule has 1 amide bonds. The molecule has 0 unspecified atom stereocenters. The first kappa shape index (κ1) is 20.4. The van der Waals surface area contributed by atoms with Crippen molar-refractivity contribution in [1.29, 1.82) is 0 Å². The van der Waals surface area contributed by atoms with Crippen LogP contribution in [0.25, 0.3) is 11.0 Å². The maximum absolute atomic E-state index is 12.1. The predicted octanol–water partition coefficient (Wildman–Crippen LogP) is 4.02. The molecule has 4 rings (SSSR count). The van der Waals surface area contributed by atoms with Gasteiger partial charge in [0.15, 0.2) is 5.16 Å². The molecule has 2 N–H and O–H groups in total. The second kappa shape index (κ2) is 9.73. The van der Waals surface area contributed by atoms with Gasteiger partial charge in [0.2, 0.25) is 0 Å². The summed E-state index contributed by atoms with van der Waals surface area (Å²) in [5.74, 6) is -0.0467. The molecule has 0 bridgehead atoms. The summed E-state index contributed by atoms with van der Waals surface area (Å²) in [4.78, 5) is 31.6. The Balaban J connectivity index is 1.24. The van der Waals surface area contributed by atoms with Gasteiger partial charge in [-0.1, -0.05) is 42.1 Å². The molecule has 31 heavy (non-hydrogen) atoms. The van der Waals surface area contributed by atoms with Crippen LogP contribution in [-0.4, -0.2) is 33.8 Å². The lowest BCUT2D eigenvalue weighted by molar-refractivity contribution is -0.118. The molecule has 3 aromatic carbocycles. The number of carbonyl (C=O) groups is 2. The third kappa shape index (κ3) is 5.58. The van der Waals surface area contributed by atoms with Crippen molar-refractivity contribution in [2.24, 2.45) is 5.10 Å². The van der Waals surface area contributed by atoms with Crippen LogP contribution in [0.4, 0.5) is 0 Å². The van der Waals surface area contributed by atoms with Crippen molar-refractivity contribution in [3.63, 3.8) is 0 Å². The number of aromatic nitrogens is 2. The molecule has 4 aromatic rings. The molecule has 0 radical (unpaired) electrons. The van der Waals surface area contributed by atoms with Gasteiger partial charge in [0, 0.05) is 0 Å². The van der Waals surface area contributed by atoms with Gasteiger partial charge in [-0.15, -0.1) is 0 Å². The Morgan fingerprint density at radius 3 is 2.52 bits per heavy atom. The Morgan fingerprint density at radius 1 is 1.00 bits per heavy atom. The molecular weight excluding hydrogens is 412 g/mol. The molecule has 1 aromatic heterocycles. The number of hydrogen-bond acceptors (Lipinski definition) is 6. The van der Waals surface area contributed by atoms with E-state index in [1.807, 2.05) is 30.3 Å². The van der Waals surface area contributed by atoms with E-state index in [4.69, 9.17) is 4.74 Å². The third-order valence-corrected chi connectivity index (χ3v) is 5.08. The van der Waals surface area contributed by atoms with E-state index >= 15 is 0 Å². The lowest BCUT2D eigenvalue weighted by atomic mass is 10.2. The van der Waals surface area contributed by atoms with Gasteiger partial charge in [-0.2, -0.15) is 5.10 Å². The fourth-order valence-electron chi connectivity index (χ4n) is 2.70. The maximum atomic E-state index is 12.1. The number of aromatic amines is 1. The highest BCUT2D eigenvalue weighted by atomic mass is 32.2. The minimum Gasteiger partial charge on any atom is -0.423 e. The van der Waals surface area contributed by atoms with Crippen LogP contribution in [0.15, 0.2) is 89.1 Å². The number of amides is 1. The number of para-hydroxylation sites is 2. The Kier molecular flexibility index (Phi) is 6.39. The molecule has 7 nitrogen and oxygen atoms in total. The number of rotatable bonds is 7. The van der Waals surface area contributed by atoms with E-state index < -0.39 is 5.97 Å². The van der Waals surface area contributed by atoms with Crippen molar-refractivity contribution < 1.29 is 14.3 Å². The number of carbonyl (C=O) groups excluding carboxylic acids is 2. The molecule has 0 saturated carbocycles. The number of ether oxygens (including phenoxy) is 1. The summed E-state index contributed by atoms with van der Waals surface area (Å²) < 4.78 is 5.33. The van der Waals surface area contributed by atoms with Crippen LogP contribution in [0, 0.1) is 0 Å². The van der Waals surface area contributed by atoms with Crippen LogP contribution in [0.5, 0.6) is 5.75 Å². The smallest absolute Gasteiger partial charge is 0.343 e. The summed E-state index contributed by atoms with van der Waals surface area (Å²) in [6.07, 6.45) is 1.52. The van der Waals surface area contributed by atoms with Crippen molar-refractivity contribution >= 4 is 40.9 Å². The van der Waals surface area contributed by atoms with Crippen LogP contribution >= 0.6 is 11.8 Å². The summed E-state index contributed by atoms with van der Waals surface area (Å²) in [7, 11) is 0. The zero-order chi connectivity index (χ0) is 21.5. The van der Waals surface area contributed by atoms with E-state index in [0.29, 0.717) is 16.5 Å². The Bertz CT molecular complexity index is 1190. The van der Waals surface area contributed by atoms with Crippen LogP contribution in [0.1, 0.15) is 15.9 Å². The molecule has 0 saturated heterocycles. The van der Waals surface area contributed by atoms with Crippen molar-refractivity contribution in [3.8, 4) is 5.75 Å². The summed E-state index contributed by atoms with van der Waals surface area (Å²) >= 11 is 1.31. The fourth-order valence-corrected chi connectivity index (χ4v) is 3.38. The van der Waals surface area contributed by atoms with Crippen molar-refractivity contribution in [1.82, 2.24) is 15.4 Å². The number of thioether (sulfide) groups is 1. The summed E-state index contributed by atoms with van der Waals surface area (Å²) in [6.45, 7) is 0. The average Bonchev–Trinajstić information content (AvgIpc) is 3.22. The van der Waals surface area contributed by atoms with Gasteiger partial charge >= 0.3 is 5.97 Å². The lowest BCUT2D eigenvalue weighted by Crippen LogP contribution is -2.19. The van der Waals surface area contributed by atoms with Gasteiger partial charge in [-0.25, -0.2) is 15.2 Å². The second-order valence-corrected chi connectivity index (χ2v) is 7.43. The number of hydrogen-bond donors (Lipinski definition) is 2. The van der Waals surface area contributed by atoms with Gasteiger partial charge in [-0.3, -0.25) is 4.79 Å². The zero-order valence-corrected chi connectivity index (χ0v) is 17.1. The fraction of sp³-hybridized carbons (Fsp3) is 0.0435. The molecule has 1 heterocycles. The minimum absolute atomic E-state index is 0.186. The van der Waals surface area contributed by atoms with E-state index in [2.05, 4.69) is 20.5 Å². The number of nitrogens with zero attached hydrogens (tertiary/aromatic N) is 2. The number of benzene rings is 3. The summed E-state index contributed by atoms with van der Waals surface area (Å²) in [5.41, 5.74) is 5.52. The van der Waals surface area contributed by atoms with E-state index in [1.165, 1.54) is 18.0 Å². The predicted molar refractivity (Wildman–Crippen MR) is 120 cm³/mol. The first-order valence-corrected chi connectivity index (χ1v) is 10.4. The van der Waals surface area contributed by atoms with Gasteiger partial charge < -0.3 is 9.72 Å². The number of H-pyrrole nitrogens is 1. The number of fused-ring (bicyclic) bond motifs is 1. The molecule has 0 aliphatic carbocycles. The molecule has 154 valence electrons. The monoisotopic (exact) mass is 430 g/mol. The molecule has 0 aliphatic heterocycles. The van der Waals surface area contributed by atoms with E-state index in [-0.39, 0.29) is 11.7 Å². The zero-order valence-electron chi connectivity index (χ0n) is 16.3. The van der Waals surface area contributed by atoms with Crippen LogP contribution in [0.3, 0.4) is 0 Å². The first-order valence-electron chi connectivity index (χ1n) is 9.44. The Morgan fingerprint density at radius 2 is 1.74 bits per heavy atom. The lowest BCUT2D eigenvalue weighted by Gasteiger charge is -2.04. The topological polar surface area (TPSA) is 96.4 Å². The van der Waals surface area contributed by atoms with Gasteiger partial charge in [-0.05, 0) is 54.1 Å². The van der Waals surface area contributed by atoms with E-state index in [9.17, 15) is 9.59 Å². The van der Waals surface area contributed by atoms with Crippen LogP contribution < -0.4 is 10.2 Å². The average molecular weight is 430 g/mol. The Hall–Kier alpha value is -3.91. The Labute approximate surface area is 182 Å². The summed E-state index contributed by atoms with van der Waals surface area (Å²) in [5, 5.41) is 4.64. The largest absolute Gasteiger partial charge is 0.423 e. The van der Waals surface area contributed by atoms with Gasteiger partial charge in [0.05, 0.1) is 28.6 Å². The maximum Gasteiger partial charge on any atom is 0.343 e. The highest BCUT2D eigenvalue weighted by Crippen LogP contribution is 2.18. The van der Waals surface area contributed by atoms with Crippen LogP contribution in [-0.2, 0) is 4.79 Å². The SMILES string of the molecule is O=C(CSc1nc2ccccc2[nH]1)N/N=C/c1ccc(OC(=O)c2ccccc2)cc1. The number of nitrogens with one attached hydrogen (secondary N) is 2. The second-order valence-electron chi connectivity index (χ2n) is 6.47. The normalized spacial score (nSPS) is 11.0. The molecular formula is C23H18N4O3S.